The van der Waals surface area contributed by atoms with Gasteiger partial charge in [0.1, 0.15) is 6.10 Å². The summed E-state index contributed by atoms with van der Waals surface area (Å²) in [4.78, 5) is 14.2. The summed E-state index contributed by atoms with van der Waals surface area (Å²) in [5, 5.41) is 3.93. The number of carbonyl (C=O) groups excluding carboxylic acids is 1. The molecule has 1 aromatic heterocycles. The first kappa shape index (κ1) is 25.3. The number of rotatable bonds is 6. The highest BCUT2D eigenvalue weighted by atomic mass is 19.4. The highest BCUT2D eigenvalue weighted by molar-refractivity contribution is 5.67. The summed E-state index contributed by atoms with van der Waals surface area (Å²) in [6.07, 6.45) is -1.11. The van der Waals surface area contributed by atoms with Crippen molar-refractivity contribution in [2.45, 2.75) is 19.2 Å². The molecule has 8 heteroatoms. The second-order valence-corrected chi connectivity index (χ2v) is 6.69. The monoisotopic (exact) mass is 458 g/mol. The fourth-order valence-electron chi connectivity index (χ4n) is 2.74. The van der Waals surface area contributed by atoms with Crippen molar-refractivity contribution in [3.63, 3.8) is 0 Å². The quantitative estimate of drug-likeness (QED) is 0.437. The topological polar surface area (TPSA) is 51.2 Å². The Labute approximate surface area is 188 Å². The molecule has 0 fully saturated rings. The Morgan fingerprint density at radius 1 is 1.09 bits per heavy atom. The molecule has 0 aliphatic carbocycles. The highest BCUT2D eigenvalue weighted by Crippen LogP contribution is 2.31. The average Bonchev–Trinajstić information content (AvgIpc) is 2.79. The molecule has 3 aromatic rings. The van der Waals surface area contributed by atoms with Crippen LogP contribution in [0.4, 0.5) is 17.6 Å². The molecular weight excluding hydrogens is 436 g/mol. The summed E-state index contributed by atoms with van der Waals surface area (Å²) in [6, 6.07) is 14.1. The average molecular weight is 458 g/mol. The third kappa shape index (κ3) is 7.31. The summed E-state index contributed by atoms with van der Waals surface area (Å²) in [6.45, 7) is 8.97. The van der Waals surface area contributed by atoms with E-state index in [1.54, 1.807) is 31.3 Å². The third-order valence-corrected chi connectivity index (χ3v) is 4.45. The number of carbonyl (C=O) groups is 1. The van der Waals surface area contributed by atoms with Crippen molar-refractivity contribution < 1.29 is 27.1 Å². The third-order valence-electron chi connectivity index (χ3n) is 4.45. The fourth-order valence-corrected chi connectivity index (χ4v) is 2.74. The van der Waals surface area contributed by atoms with Gasteiger partial charge in [-0.1, -0.05) is 37.4 Å². The molecule has 0 saturated carbocycles. The summed E-state index contributed by atoms with van der Waals surface area (Å²) < 4.78 is 56.1. The number of nitrogens with one attached hydrogen (secondary N) is 1. The number of benzene rings is 2. The summed E-state index contributed by atoms with van der Waals surface area (Å²) >= 11 is 0. The van der Waals surface area contributed by atoms with Gasteiger partial charge in [-0.2, -0.15) is 13.2 Å². The van der Waals surface area contributed by atoms with Gasteiger partial charge < -0.3 is 10.1 Å². The van der Waals surface area contributed by atoms with Crippen molar-refractivity contribution in [2.24, 2.45) is 0 Å². The lowest BCUT2D eigenvalue weighted by Gasteiger charge is -2.16. The molecule has 2 aromatic carbocycles. The standard InChI is InChI=1S/C15H12F4O.C10H10N2O/c1-10(20-14-5-3-2-4-13(14)16)11-6-8-12(9-7-11)15(17,18)19;1-3-10(12-7-13)9-5-4-6-11-8(9)2/h2-10H,1H3;3-7H,1-2H2,(H,12,13)/b;10-9+. The Bertz CT molecular complexity index is 1190. The molecule has 1 atom stereocenters. The molecule has 1 heterocycles. The van der Waals surface area contributed by atoms with Crippen LogP contribution < -0.4 is 20.6 Å². The fraction of sp³-hybridized carbons (Fsp3) is 0.120. The summed E-state index contributed by atoms with van der Waals surface area (Å²) in [7, 11) is 0. The number of hydrogen-bond acceptors (Lipinski definition) is 3. The van der Waals surface area contributed by atoms with Crippen LogP contribution in [0.2, 0.25) is 0 Å². The lowest BCUT2D eigenvalue weighted by Crippen LogP contribution is -2.31. The lowest BCUT2D eigenvalue weighted by atomic mass is 10.1. The number of pyridine rings is 1. The molecule has 0 aliphatic heterocycles. The van der Waals surface area contributed by atoms with E-state index in [-0.39, 0.29) is 5.75 Å². The van der Waals surface area contributed by atoms with E-state index in [2.05, 4.69) is 23.5 Å². The van der Waals surface area contributed by atoms with Crippen LogP contribution in [0.15, 0.2) is 79.5 Å². The van der Waals surface area contributed by atoms with Crippen LogP contribution in [0.25, 0.3) is 12.3 Å². The van der Waals surface area contributed by atoms with Gasteiger partial charge in [-0.25, -0.2) is 4.39 Å². The lowest BCUT2D eigenvalue weighted by molar-refractivity contribution is -0.137. The molecule has 4 nitrogen and oxygen atoms in total. The van der Waals surface area contributed by atoms with Crippen LogP contribution in [0.5, 0.6) is 5.75 Å². The first-order valence-corrected chi connectivity index (χ1v) is 9.72. The number of halogens is 4. The van der Waals surface area contributed by atoms with Gasteiger partial charge in [0.2, 0.25) is 6.41 Å². The summed E-state index contributed by atoms with van der Waals surface area (Å²) in [5.41, 5.74) is 0.439. The van der Waals surface area contributed by atoms with Crippen molar-refractivity contribution in [3.05, 3.63) is 107 Å². The van der Waals surface area contributed by atoms with E-state index in [9.17, 15) is 22.4 Å². The Morgan fingerprint density at radius 2 is 1.76 bits per heavy atom. The van der Waals surface area contributed by atoms with Crippen LogP contribution in [0.1, 0.15) is 24.2 Å². The molecule has 1 unspecified atom stereocenters. The normalized spacial score (nSPS) is 12.5. The molecular formula is C25H22F4N2O2. The number of amides is 1. The molecule has 3 rings (SSSR count). The predicted octanol–water partition coefficient (Wildman–Crippen LogP) is 4.52. The second kappa shape index (κ2) is 11.6. The summed E-state index contributed by atoms with van der Waals surface area (Å²) in [5.74, 6) is -0.439. The Kier molecular flexibility index (Phi) is 8.91. The van der Waals surface area contributed by atoms with E-state index in [1.165, 1.54) is 30.3 Å². The van der Waals surface area contributed by atoms with Gasteiger partial charge in [-0.3, -0.25) is 9.78 Å². The van der Waals surface area contributed by atoms with Crippen molar-refractivity contribution in [2.75, 3.05) is 0 Å². The van der Waals surface area contributed by atoms with Crippen LogP contribution in [0.3, 0.4) is 0 Å². The Hall–Kier alpha value is -3.94. The maximum Gasteiger partial charge on any atom is 0.416 e. The first-order chi connectivity index (χ1) is 15.7. The Balaban J connectivity index is 0.000000257. The number of aromatic nitrogens is 1. The number of nitrogens with zero attached hydrogens (tertiary/aromatic N) is 1. The van der Waals surface area contributed by atoms with Gasteiger partial charge in [0.25, 0.3) is 0 Å². The number of hydrogen-bond donors (Lipinski definition) is 1. The molecule has 0 saturated heterocycles. The molecule has 0 bridgehead atoms. The van der Waals surface area contributed by atoms with Gasteiger partial charge in [0.05, 0.1) is 10.9 Å². The van der Waals surface area contributed by atoms with Crippen molar-refractivity contribution >= 4 is 18.7 Å². The zero-order valence-corrected chi connectivity index (χ0v) is 17.8. The van der Waals surface area contributed by atoms with E-state index in [4.69, 9.17) is 4.74 Å². The zero-order valence-electron chi connectivity index (χ0n) is 17.8. The molecule has 0 spiro atoms. The number of alkyl halides is 3. The highest BCUT2D eigenvalue weighted by Gasteiger charge is 2.30. The molecule has 0 aliphatic rings. The van der Waals surface area contributed by atoms with Crippen LogP contribution in [-0.4, -0.2) is 11.4 Å². The van der Waals surface area contributed by atoms with Crippen molar-refractivity contribution in [1.29, 1.82) is 0 Å². The van der Waals surface area contributed by atoms with E-state index >= 15 is 0 Å². The minimum atomic E-state index is -4.37. The molecule has 0 radical (unpaired) electrons. The SMILES string of the molecule is C=C/C(NC=O)=c1/cccnc1=C.CC(Oc1ccccc1F)c1ccc(C(F)(F)F)cc1. The van der Waals surface area contributed by atoms with Gasteiger partial charge in [-0.15, -0.1) is 0 Å². The second-order valence-electron chi connectivity index (χ2n) is 6.69. The van der Waals surface area contributed by atoms with Gasteiger partial charge >= 0.3 is 6.18 Å². The predicted molar refractivity (Wildman–Crippen MR) is 119 cm³/mol. The van der Waals surface area contributed by atoms with Gasteiger partial charge in [-0.05, 0) is 55.0 Å². The number of para-hydroxylation sites is 1. The molecule has 1 N–H and O–H groups in total. The van der Waals surface area contributed by atoms with Gasteiger partial charge in [0.15, 0.2) is 11.6 Å². The Morgan fingerprint density at radius 3 is 2.30 bits per heavy atom. The molecule has 33 heavy (non-hydrogen) atoms. The molecule has 1 amide bonds. The maximum atomic E-state index is 13.4. The van der Waals surface area contributed by atoms with E-state index in [0.717, 1.165) is 17.4 Å². The largest absolute Gasteiger partial charge is 0.483 e. The van der Waals surface area contributed by atoms with Crippen molar-refractivity contribution in [1.82, 2.24) is 10.3 Å². The van der Waals surface area contributed by atoms with Crippen LogP contribution in [-0.2, 0) is 11.0 Å². The van der Waals surface area contributed by atoms with Crippen LogP contribution >= 0.6 is 0 Å². The van der Waals surface area contributed by atoms with Crippen LogP contribution in [0, 0.1) is 5.82 Å². The van der Waals surface area contributed by atoms with E-state index < -0.39 is 23.7 Å². The van der Waals surface area contributed by atoms with Crippen molar-refractivity contribution in [3.8, 4) is 5.75 Å². The minimum absolute atomic E-state index is 0.0693. The zero-order chi connectivity index (χ0) is 24.4. The molecule has 172 valence electrons. The van der Waals surface area contributed by atoms with E-state index in [1.807, 2.05) is 6.07 Å². The van der Waals surface area contributed by atoms with Gasteiger partial charge in [0, 0.05) is 17.1 Å². The minimum Gasteiger partial charge on any atom is -0.483 e. The number of ether oxygens (including phenoxy) is 1. The van der Waals surface area contributed by atoms with E-state index in [0.29, 0.717) is 23.0 Å². The smallest absolute Gasteiger partial charge is 0.416 e. The maximum absolute atomic E-state index is 13.4. The first-order valence-electron chi connectivity index (χ1n) is 9.72.